The molecule has 2 aromatic rings. The second-order valence-corrected chi connectivity index (χ2v) is 7.06. The largest absolute Gasteiger partial charge is 0.496 e. The van der Waals surface area contributed by atoms with Crippen molar-refractivity contribution < 1.29 is 9.53 Å². The molecule has 0 spiro atoms. The van der Waals surface area contributed by atoms with Gasteiger partial charge in [-0.15, -0.1) is 11.3 Å². The number of piperazine rings is 1. The second-order valence-electron chi connectivity index (χ2n) is 6.11. The molecule has 0 atom stereocenters. The average Bonchev–Trinajstić information content (AvgIpc) is 3.03. The third-order valence-electron chi connectivity index (χ3n) is 4.36. The summed E-state index contributed by atoms with van der Waals surface area (Å²) in [7, 11) is 1.69. The molecule has 1 aliphatic heterocycles. The summed E-state index contributed by atoms with van der Waals surface area (Å²) in [5, 5.41) is 3.20. The molecule has 5 nitrogen and oxygen atoms in total. The van der Waals surface area contributed by atoms with Crippen molar-refractivity contribution in [3.63, 3.8) is 0 Å². The zero-order chi connectivity index (χ0) is 17.1. The number of rotatable bonds is 4. The van der Waals surface area contributed by atoms with E-state index in [1.807, 2.05) is 17.0 Å². The highest BCUT2D eigenvalue weighted by Crippen LogP contribution is 2.32. The highest BCUT2D eigenvalue weighted by Gasteiger charge is 2.20. The predicted molar refractivity (Wildman–Crippen MR) is 96.4 cm³/mol. The number of thiazole rings is 1. The Morgan fingerprint density at radius 2 is 2.04 bits per heavy atom. The number of hydrogen-bond donors (Lipinski definition) is 0. The van der Waals surface area contributed by atoms with E-state index >= 15 is 0 Å². The highest BCUT2D eigenvalue weighted by atomic mass is 32.1. The number of carbonyl (C=O) groups excluding carboxylic acids is 1. The quantitative estimate of drug-likeness (QED) is 0.855. The van der Waals surface area contributed by atoms with Crippen LogP contribution in [0.1, 0.15) is 17.5 Å². The summed E-state index contributed by atoms with van der Waals surface area (Å²) in [5.74, 6) is 1.02. The van der Waals surface area contributed by atoms with Crippen LogP contribution in [0.25, 0.3) is 11.3 Å². The summed E-state index contributed by atoms with van der Waals surface area (Å²) in [4.78, 5) is 20.5. The molecule has 2 heterocycles. The number of hydrogen-bond acceptors (Lipinski definition) is 5. The molecule has 6 heteroatoms. The van der Waals surface area contributed by atoms with Gasteiger partial charge in [0.2, 0.25) is 5.91 Å². The lowest BCUT2D eigenvalue weighted by atomic mass is 10.1. The molecule has 1 amide bonds. The molecule has 128 valence electrons. The van der Waals surface area contributed by atoms with Crippen LogP contribution < -0.4 is 4.74 Å². The highest BCUT2D eigenvalue weighted by molar-refractivity contribution is 7.09. The Labute approximate surface area is 146 Å². The Morgan fingerprint density at radius 3 is 2.71 bits per heavy atom. The predicted octanol–water partition coefficient (Wildman–Crippen LogP) is 2.79. The molecule has 1 aliphatic rings. The minimum Gasteiger partial charge on any atom is -0.496 e. The summed E-state index contributed by atoms with van der Waals surface area (Å²) >= 11 is 1.68. The molecule has 0 bridgehead atoms. The molecule has 1 aromatic carbocycles. The first kappa shape index (κ1) is 16.9. The zero-order valence-electron chi connectivity index (χ0n) is 14.4. The van der Waals surface area contributed by atoms with E-state index < -0.39 is 0 Å². The van der Waals surface area contributed by atoms with Crippen LogP contribution in [-0.2, 0) is 11.3 Å². The van der Waals surface area contributed by atoms with Crippen molar-refractivity contribution in [2.24, 2.45) is 0 Å². The second kappa shape index (κ2) is 7.32. The third kappa shape index (κ3) is 3.76. The number of aryl methyl sites for hydroxylation is 1. The number of aromatic nitrogens is 1. The van der Waals surface area contributed by atoms with Gasteiger partial charge in [0.25, 0.3) is 0 Å². The van der Waals surface area contributed by atoms with E-state index in [2.05, 4.69) is 23.3 Å². The van der Waals surface area contributed by atoms with Crippen LogP contribution in [0.3, 0.4) is 0 Å². The van der Waals surface area contributed by atoms with Crippen molar-refractivity contribution in [1.29, 1.82) is 0 Å². The van der Waals surface area contributed by atoms with Crippen molar-refractivity contribution in [2.45, 2.75) is 20.4 Å². The Hall–Kier alpha value is -1.92. The summed E-state index contributed by atoms with van der Waals surface area (Å²) in [6, 6.07) is 6.15. The van der Waals surface area contributed by atoms with Crippen LogP contribution in [0.15, 0.2) is 23.6 Å². The molecule has 0 radical (unpaired) electrons. The molecule has 1 aromatic heterocycles. The van der Waals surface area contributed by atoms with Crippen LogP contribution in [0.5, 0.6) is 5.75 Å². The number of amides is 1. The maximum atomic E-state index is 11.4. The molecule has 3 rings (SSSR count). The Kier molecular flexibility index (Phi) is 5.16. The first-order valence-corrected chi connectivity index (χ1v) is 9.02. The summed E-state index contributed by atoms with van der Waals surface area (Å²) in [6.45, 7) is 7.97. The first-order chi connectivity index (χ1) is 11.6. The van der Waals surface area contributed by atoms with Crippen LogP contribution in [0.2, 0.25) is 0 Å². The van der Waals surface area contributed by atoms with E-state index in [0.29, 0.717) is 0 Å². The van der Waals surface area contributed by atoms with Gasteiger partial charge in [-0.05, 0) is 19.1 Å². The van der Waals surface area contributed by atoms with Crippen LogP contribution in [0.4, 0.5) is 0 Å². The van der Waals surface area contributed by atoms with E-state index in [1.54, 1.807) is 25.4 Å². The van der Waals surface area contributed by atoms with Gasteiger partial charge in [-0.2, -0.15) is 0 Å². The Morgan fingerprint density at radius 1 is 1.29 bits per heavy atom. The van der Waals surface area contributed by atoms with Crippen molar-refractivity contribution >= 4 is 17.2 Å². The summed E-state index contributed by atoms with van der Waals surface area (Å²) < 4.78 is 5.46. The number of nitrogens with zero attached hydrogens (tertiary/aromatic N) is 3. The van der Waals surface area contributed by atoms with E-state index in [9.17, 15) is 4.79 Å². The monoisotopic (exact) mass is 345 g/mol. The number of benzene rings is 1. The van der Waals surface area contributed by atoms with Gasteiger partial charge in [0.05, 0.1) is 19.3 Å². The van der Waals surface area contributed by atoms with Gasteiger partial charge in [-0.1, -0.05) is 11.6 Å². The smallest absolute Gasteiger partial charge is 0.219 e. The molecule has 0 unspecified atom stereocenters. The van der Waals surface area contributed by atoms with Gasteiger partial charge in [-0.25, -0.2) is 4.98 Å². The Bertz CT molecular complexity index is 721. The van der Waals surface area contributed by atoms with Gasteiger partial charge in [0.1, 0.15) is 10.8 Å². The normalized spacial score (nSPS) is 15.5. The molecule has 1 fully saturated rings. The molecule has 1 saturated heterocycles. The SMILES string of the molecule is COc1ccc(C)cc1-c1csc(CN2CCN(C(C)=O)CC2)n1. The van der Waals surface area contributed by atoms with Gasteiger partial charge >= 0.3 is 0 Å². The van der Waals surface area contributed by atoms with E-state index in [-0.39, 0.29) is 5.91 Å². The van der Waals surface area contributed by atoms with Crippen LogP contribution in [0, 0.1) is 6.92 Å². The zero-order valence-corrected chi connectivity index (χ0v) is 15.2. The fourth-order valence-electron chi connectivity index (χ4n) is 2.94. The molecule has 0 N–H and O–H groups in total. The van der Waals surface area contributed by atoms with Gasteiger partial charge < -0.3 is 9.64 Å². The van der Waals surface area contributed by atoms with Gasteiger partial charge in [0, 0.05) is 44.0 Å². The van der Waals surface area contributed by atoms with Crippen molar-refractivity contribution in [2.75, 3.05) is 33.3 Å². The fraction of sp³-hybridized carbons (Fsp3) is 0.444. The average molecular weight is 345 g/mol. The molecule has 24 heavy (non-hydrogen) atoms. The van der Waals surface area contributed by atoms with Gasteiger partial charge in [-0.3, -0.25) is 9.69 Å². The Balaban J connectivity index is 1.68. The lowest BCUT2D eigenvalue weighted by molar-refractivity contribution is -0.130. The van der Waals surface area contributed by atoms with E-state index in [4.69, 9.17) is 9.72 Å². The van der Waals surface area contributed by atoms with Crippen molar-refractivity contribution in [3.05, 3.63) is 34.2 Å². The van der Waals surface area contributed by atoms with Crippen LogP contribution in [-0.4, -0.2) is 54.0 Å². The first-order valence-electron chi connectivity index (χ1n) is 8.14. The van der Waals surface area contributed by atoms with Gasteiger partial charge in [0.15, 0.2) is 0 Å². The van der Waals surface area contributed by atoms with E-state index in [0.717, 1.165) is 54.7 Å². The topological polar surface area (TPSA) is 45.7 Å². The lowest BCUT2D eigenvalue weighted by Crippen LogP contribution is -2.47. The maximum Gasteiger partial charge on any atom is 0.219 e. The minimum atomic E-state index is 0.165. The molecule has 0 saturated carbocycles. The third-order valence-corrected chi connectivity index (χ3v) is 5.19. The lowest BCUT2D eigenvalue weighted by Gasteiger charge is -2.33. The number of ether oxygens (including phenoxy) is 1. The summed E-state index contributed by atoms with van der Waals surface area (Å²) in [6.07, 6.45) is 0. The van der Waals surface area contributed by atoms with E-state index in [1.165, 1.54) is 5.56 Å². The number of carbonyl (C=O) groups is 1. The summed E-state index contributed by atoms with van der Waals surface area (Å²) in [5.41, 5.74) is 3.21. The molecule has 0 aliphatic carbocycles. The minimum absolute atomic E-state index is 0.165. The molecular weight excluding hydrogens is 322 g/mol. The number of methoxy groups -OCH3 is 1. The maximum absolute atomic E-state index is 11.4. The standard InChI is InChI=1S/C18H23N3O2S/c1-13-4-5-17(23-3)15(10-13)16-12-24-18(19-16)11-20-6-8-21(9-7-20)14(2)22/h4-5,10,12H,6-9,11H2,1-3H3. The van der Waals surface area contributed by atoms with Crippen molar-refractivity contribution in [3.8, 4) is 17.0 Å². The molecular formula is C18H23N3O2S. The van der Waals surface area contributed by atoms with Crippen LogP contribution >= 0.6 is 11.3 Å². The fourth-order valence-corrected chi connectivity index (χ4v) is 3.78. The van der Waals surface area contributed by atoms with Crippen molar-refractivity contribution in [1.82, 2.24) is 14.8 Å².